The summed E-state index contributed by atoms with van der Waals surface area (Å²) in [5.74, 6) is 0. The van der Waals surface area contributed by atoms with Gasteiger partial charge in [-0.1, -0.05) is 41.9 Å². The Kier molecular flexibility index (Phi) is 3.93. The number of rotatable bonds is 4. The van der Waals surface area contributed by atoms with Gasteiger partial charge in [-0.2, -0.15) is 17.8 Å². The van der Waals surface area contributed by atoms with Crippen molar-refractivity contribution in [1.29, 1.82) is 0 Å². The molecule has 2 rings (SSSR count). The van der Waals surface area contributed by atoms with Crippen LogP contribution in [0.1, 0.15) is 11.3 Å². The van der Waals surface area contributed by atoms with E-state index in [1.807, 2.05) is 30.3 Å². The average molecular weight is 300 g/mol. The largest absolute Gasteiger partial charge is 0.322 e. The first-order valence-corrected chi connectivity index (χ1v) is 7.40. The van der Waals surface area contributed by atoms with Crippen LogP contribution in [0.15, 0.2) is 36.5 Å². The highest BCUT2D eigenvalue weighted by Gasteiger charge is 2.23. The van der Waals surface area contributed by atoms with E-state index in [-0.39, 0.29) is 0 Å². The minimum absolute atomic E-state index is 0.342. The second-order valence-corrected chi connectivity index (χ2v) is 6.61. The Balaban J connectivity index is 2.45. The van der Waals surface area contributed by atoms with Gasteiger partial charge in [-0.3, -0.25) is 0 Å². The molecule has 0 aliphatic carbocycles. The number of aromatic nitrogens is 2. The number of hydrogen-bond donors (Lipinski definition) is 0. The molecule has 0 aliphatic heterocycles. The molecule has 19 heavy (non-hydrogen) atoms. The molecule has 0 saturated carbocycles. The first-order chi connectivity index (χ1) is 8.93. The van der Waals surface area contributed by atoms with Gasteiger partial charge in [-0.25, -0.2) is 0 Å². The molecule has 0 unspecified atom stereocenters. The predicted molar refractivity (Wildman–Crippen MR) is 74.5 cm³/mol. The number of hydrogen-bond acceptors (Lipinski definition) is 3. The second-order valence-electron chi connectivity index (χ2n) is 4.23. The first kappa shape index (κ1) is 14.0. The maximum Gasteiger partial charge on any atom is 0.322 e. The molecule has 0 spiro atoms. The molecule has 1 aromatic carbocycles. The van der Waals surface area contributed by atoms with Crippen LogP contribution in [-0.2, 0) is 16.6 Å². The minimum atomic E-state index is -3.65. The van der Waals surface area contributed by atoms with Gasteiger partial charge in [0, 0.05) is 20.5 Å². The SMILES string of the molecule is CN(C)S(=O)(=O)n1ncc(Cl)c1Cc1ccccc1. The molecule has 102 valence electrons. The molecule has 2 aromatic rings. The van der Waals surface area contributed by atoms with Crippen molar-refractivity contribution in [2.75, 3.05) is 14.1 Å². The summed E-state index contributed by atoms with van der Waals surface area (Å²) in [5, 5.41) is 4.20. The van der Waals surface area contributed by atoms with E-state index < -0.39 is 10.2 Å². The lowest BCUT2D eigenvalue weighted by Crippen LogP contribution is -2.31. The minimum Gasteiger partial charge on any atom is -0.189 e. The Morgan fingerprint density at radius 1 is 1.26 bits per heavy atom. The van der Waals surface area contributed by atoms with E-state index in [9.17, 15) is 8.42 Å². The van der Waals surface area contributed by atoms with Gasteiger partial charge in [-0.05, 0) is 5.56 Å². The highest BCUT2D eigenvalue weighted by molar-refractivity contribution is 7.87. The first-order valence-electron chi connectivity index (χ1n) is 5.62. The molecule has 0 amide bonds. The van der Waals surface area contributed by atoms with Crippen molar-refractivity contribution in [3.8, 4) is 0 Å². The lowest BCUT2D eigenvalue weighted by molar-refractivity contribution is 0.501. The van der Waals surface area contributed by atoms with Crippen LogP contribution in [0.3, 0.4) is 0 Å². The van der Waals surface area contributed by atoms with Gasteiger partial charge in [0.2, 0.25) is 0 Å². The molecule has 0 bridgehead atoms. The third-order valence-corrected chi connectivity index (χ3v) is 4.67. The fourth-order valence-electron chi connectivity index (χ4n) is 1.63. The van der Waals surface area contributed by atoms with Crippen LogP contribution in [-0.4, -0.2) is 36.0 Å². The zero-order chi connectivity index (χ0) is 14.0. The van der Waals surface area contributed by atoms with Crippen LogP contribution in [0.4, 0.5) is 0 Å². The Labute approximate surface area is 117 Å². The molecular weight excluding hydrogens is 286 g/mol. The van der Waals surface area contributed by atoms with Gasteiger partial charge >= 0.3 is 10.2 Å². The van der Waals surface area contributed by atoms with E-state index in [4.69, 9.17) is 11.6 Å². The molecule has 5 nitrogen and oxygen atoms in total. The third-order valence-electron chi connectivity index (χ3n) is 2.68. The smallest absolute Gasteiger partial charge is 0.189 e. The van der Waals surface area contributed by atoms with Crippen LogP contribution in [0, 0.1) is 0 Å². The highest BCUT2D eigenvalue weighted by atomic mass is 35.5. The molecule has 0 radical (unpaired) electrons. The van der Waals surface area contributed by atoms with Gasteiger partial charge in [-0.15, -0.1) is 4.09 Å². The number of benzene rings is 1. The summed E-state index contributed by atoms with van der Waals surface area (Å²) in [6, 6.07) is 9.51. The van der Waals surface area contributed by atoms with Crippen molar-refractivity contribution in [2.45, 2.75) is 6.42 Å². The van der Waals surface area contributed by atoms with Crippen LogP contribution in [0.2, 0.25) is 5.02 Å². The zero-order valence-corrected chi connectivity index (χ0v) is 12.2. The van der Waals surface area contributed by atoms with E-state index in [1.165, 1.54) is 20.3 Å². The van der Waals surface area contributed by atoms with Gasteiger partial charge < -0.3 is 0 Å². The summed E-state index contributed by atoms with van der Waals surface area (Å²) in [7, 11) is -0.741. The van der Waals surface area contributed by atoms with E-state index in [0.717, 1.165) is 14.0 Å². The average Bonchev–Trinajstić information content (AvgIpc) is 2.73. The lowest BCUT2D eigenvalue weighted by atomic mass is 10.1. The molecule has 0 fully saturated rings. The molecule has 1 heterocycles. The van der Waals surface area contributed by atoms with E-state index in [1.54, 1.807) is 0 Å². The number of halogens is 1. The predicted octanol–water partition coefficient (Wildman–Crippen LogP) is 1.78. The summed E-state index contributed by atoms with van der Waals surface area (Å²) in [4.78, 5) is 0. The summed E-state index contributed by atoms with van der Waals surface area (Å²) in [6.07, 6.45) is 1.76. The van der Waals surface area contributed by atoms with Crippen molar-refractivity contribution < 1.29 is 8.42 Å². The summed E-state index contributed by atoms with van der Waals surface area (Å²) < 4.78 is 26.3. The van der Waals surface area contributed by atoms with Crippen molar-refractivity contribution in [3.63, 3.8) is 0 Å². The fourth-order valence-corrected chi connectivity index (χ4v) is 2.79. The zero-order valence-electron chi connectivity index (χ0n) is 10.6. The maximum absolute atomic E-state index is 12.1. The summed E-state index contributed by atoms with van der Waals surface area (Å²) in [5.41, 5.74) is 1.43. The van der Waals surface area contributed by atoms with Crippen molar-refractivity contribution in [2.24, 2.45) is 0 Å². The highest BCUT2D eigenvalue weighted by Crippen LogP contribution is 2.21. The molecule has 0 atom stereocenters. The van der Waals surface area contributed by atoms with Crippen molar-refractivity contribution in [1.82, 2.24) is 13.5 Å². The molecule has 0 saturated heterocycles. The second kappa shape index (κ2) is 5.32. The van der Waals surface area contributed by atoms with Crippen LogP contribution >= 0.6 is 11.6 Å². The fraction of sp³-hybridized carbons (Fsp3) is 0.250. The molecule has 1 aromatic heterocycles. The quantitative estimate of drug-likeness (QED) is 0.865. The maximum atomic E-state index is 12.1. The van der Waals surface area contributed by atoms with E-state index in [2.05, 4.69) is 5.10 Å². The third kappa shape index (κ3) is 2.80. The van der Waals surface area contributed by atoms with Crippen LogP contribution < -0.4 is 0 Å². The normalized spacial score (nSPS) is 12.0. The Morgan fingerprint density at radius 2 is 1.89 bits per heavy atom. The molecule has 7 heteroatoms. The Bertz CT molecular complexity index is 666. The Morgan fingerprint density at radius 3 is 2.47 bits per heavy atom. The van der Waals surface area contributed by atoms with Crippen molar-refractivity contribution >= 4 is 21.8 Å². The Hall–Kier alpha value is -1.37. The molecule has 0 aliphatic rings. The molecule has 0 N–H and O–H groups in total. The number of nitrogens with zero attached hydrogens (tertiary/aromatic N) is 3. The van der Waals surface area contributed by atoms with Crippen LogP contribution in [0.25, 0.3) is 0 Å². The van der Waals surface area contributed by atoms with Gasteiger partial charge in [0.1, 0.15) is 0 Å². The van der Waals surface area contributed by atoms with Crippen LogP contribution in [0.5, 0.6) is 0 Å². The summed E-state index contributed by atoms with van der Waals surface area (Å²) >= 11 is 6.04. The molecular formula is C12H14ClN3O2S. The lowest BCUT2D eigenvalue weighted by Gasteiger charge is -2.14. The van der Waals surface area contributed by atoms with Gasteiger partial charge in [0.05, 0.1) is 16.9 Å². The summed E-state index contributed by atoms with van der Waals surface area (Å²) in [6.45, 7) is 0. The van der Waals surface area contributed by atoms with Crippen molar-refractivity contribution in [3.05, 3.63) is 52.8 Å². The van der Waals surface area contributed by atoms with E-state index >= 15 is 0 Å². The van der Waals surface area contributed by atoms with Gasteiger partial charge in [0.15, 0.2) is 0 Å². The standard InChI is InChI=1S/C12H14ClN3O2S/c1-15(2)19(17,18)16-12(11(13)9-14-16)8-10-6-4-3-5-7-10/h3-7,9H,8H2,1-2H3. The topological polar surface area (TPSA) is 55.2 Å². The van der Waals surface area contributed by atoms with E-state index in [0.29, 0.717) is 17.1 Å². The van der Waals surface area contributed by atoms with Gasteiger partial charge in [0.25, 0.3) is 0 Å². The monoisotopic (exact) mass is 299 g/mol.